The van der Waals surface area contributed by atoms with E-state index in [0.29, 0.717) is 0 Å². The molecule has 0 heterocycles. The van der Waals surface area contributed by atoms with Crippen LogP contribution in [0.3, 0.4) is 0 Å². The molecule has 0 saturated carbocycles. The van der Waals surface area contributed by atoms with Gasteiger partial charge in [0, 0.05) is 5.69 Å². The number of hydrogen-bond acceptors (Lipinski definition) is 2. The summed E-state index contributed by atoms with van der Waals surface area (Å²) >= 11 is 0. The van der Waals surface area contributed by atoms with Gasteiger partial charge < -0.3 is 15.4 Å². The van der Waals surface area contributed by atoms with Crippen LogP contribution in [0.2, 0.25) is 0 Å². The molecule has 4 heteroatoms. The average Bonchev–Trinajstić information content (AvgIpc) is 2.41. The first-order valence-electron chi connectivity index (χ1n) is 6.86. The van der Waals surface area contributed by atoms with Crippen molar-refractivity contribution in [1.29, 1.82) is 0 Å². The van der Waals surface area contributed by atoms with Crippen molar-refractivity contribution >= 4 is 11.7 Å². The first-order chi connectivity index (χ1) is 10.0. The number of rotatable bonds is 4. The average molecular weight is 284 g/mol. The van der Waals surface area contributed by atoms with Gasteiger partial charge in [0.1, 0.15) is 5.75 Å². The lowest BCUT2D eigenvalue weighted by Gasteiger charge is -2.11. The number of nitrogens with one attached hydrogen (secondary N) is 2. The number of carbonyl (C=O) groups excluding carboxylic acids is 1. The van der Waals surface area contributed by atoms with Gasteiger partial charge in [-0.3, -0.25) is 0 Å². The quantitative estimate of drug-likeness (QED) is 0.840. The molecule has 2 amide bonds. The fourth-order valence-electron chi connectivity index (χ4n) is 2.04. The summed E-state index contributed by atoms with van der Waals surface area (Å²) in [5.41, 5.74) is 4.10. The maximum absolute atomic E-state index is 11.8. The summed E-state index contributed by atoms with van der Waals surface area (Å²) < 4.78 is 5.55. The maximum Gasteiger partial charge on any atom is 0.321 e. The number of anilines is 1. The maximum atomic E-state index is 11.8. The Kier molecular flexibility index (Phi) is 4.82. The van der Waals surface area contributed by atoms with Gasteiger partial charge in [0.2, 0.25) is 0 Å². The van der Waals surface area contributed by atoms with E-state index in [4.69, 9.17) is 4.74 Å². The van der Waals surface area contributed by atoms with E-state index in [-0.39, 0.29) is 12.8 Å². The highest BCUT2D eigenvalue weighted by Gasteiger charge is 2.03. The molecule has 2 rings (SSSR count). The normalized spacial score (nSPS) is 10.0. The van der Waals surface area contributed by atoms with Gasteiger partial charge in [-0.1, -0.05) is 29.8 Å². The largest absolute Gasteiger partial charge is 0.473 e. The molecule has 2 aromatic carbocycles. The molecule has 0 fully saturated rings. The van der Waals surface area contributed by atoms with Crippen LogP contribution in [0.25, 0.3) is 0 Å². The van der Waals surface area contributed by atoms with Crippen molar-refractivity contribution in [3.63, 3.8) is 0 Å². The van der Waals surface area contributed by atoms with Crippen LogP contribution in [0.4, 0.5) is 10.5 Å². The van der Waals surface area contributed by atoms with E-state index in [1.165, 1.54) is 5.56 Å². The molecule has 0 aliphatic rings. The number of carbonyl (C=O) groups is 1. The SMILES string of the molecule is Cc1cccc(NC(=O)NCOc2ccc(C)cc2C)c1. The van der Waals surface area contributed by atoms with E-state index in [9.17, 15) is 4.79 Å². The van der Waals surface area contributed by atoms with Crippen LogP contribution in [0.1, 0.15) is 16.7 Å². The van der Waals surface area contributed by atoms with E-state index in [2.05, 4.69) is 10.6 Å². The van der Waals surface area contributed by atoms with Crippen LogP contribution < -0.4 is 15.4 Å². The minimum Gasteiger partial charge on any atom is -0.473 e. The first-order valence-corrected chi connectivity index (χ1v) is 6.86. The Hall–Kier alpha value is -2.49. The highest BCUT2D eigenvalue weighted by molar-refractivity contribution is 5.89. The van der Waals surface area contributed by atoms with Gasteiger partial charge in [0.25, 0.3) is 0 Å². The third-order valence-corrected chi connectivity index (χ3v) is 3.07. The summed E-state index contributed by atoms with van der Waals surface area (Å²) in [6.07, 6.45) is 0. The van der Waals surface area contributed by atoms with Crippen LogP contribution in [-0.2, 0) is 0 Å². The number of amides is 2. The highest BCUT2D eigenvalue weighted by Crippen LogP contribution is 2.18. The first kappa shape index (κ1) is 14.9. The lowest BCUT2D eigenvalue weighted by molar-refractivity contribution is 0.234. The monoisotopic (exact) mass is 284 g/mol. The van der Waals surface area contributed by atoms with Crippen LogP contribution in [-0.4, -0.2) is 12.8 Å². The number of urea groups is 1. The highest BCUT2D eigenvalue weighted by atomic mass is 16.5. The zero-order valence-corrected chi connectivity index (χ0v) is 12.6. The summed E-state index contributed by atoms with van der Waals surface area (Å²) in [5.74, 6) is 0.774. The fourth-order valence-corrected chi connectivity index (χ4v) is 2.04. The Balaban J connectivity index is 1.81. The predicted octanol–water partition coefficient (Wildman–Crippen LogP) is 3.77. The molecule has 4 nitrogen and oxygen atoms in total. The molecule has 0 saturated heterocycles. The van der Waals surface area contributed by atoms with Gasteiger partial charge in [-0.2, -0.15) is 0 Å². The van der Waals surface area contributed by atoms with E-state index < -0.39 is 0 Å². The molecule has 0 radical (unpaired) electrons. The van der Waals surface area contributed by atoms with Gasteiger partial charge >= 0.3 is 6.03 Å². The van der Waals surface area contributed by atoms with Gasteiger partial charge in [-0.05, 0) is 50.1 Å². The Morgan fingerprint density at radius 3 is 2.52 bits per heavy atom. The Morgan fingerprint density at radius 1 is 1.05 bits per heavy atom. The van der Waals surface area contributed by atoms with Crippen LogP contribution in [0.5, 0.6) is 5.75 Å². The molecule has 0 aliphatic heterocycles. The number of benzene rings is 2. The molecule has 2 aromatic rings. The zero-order chi connectivity index (χ0) is 15.2. The van der Waals surface area contributed by atoms with Crippen molar-refractivity contribution in [3.05, 3.63) is 59.2 Å². The molecule has 2 N–H and O–H groups in total. The Bertz CT molecular complexity index is 638. The number of aryl methyl sites for hydroxylation is 3. The van der Waals surface area contributed by atoms with Crippen molar-refractivity contribution in [1.82, 2.24) is 5.32 Å². The third-order valence-electron chi connectivity index (χ3n) is 3.07. The molecule has 0 aromatic heterocycles. The molecule has 110 valence electrons. The summed E-state index contributed by atoms with van der Waals surface area (Å²) in [7, 11) is 0. The van der Waals surface area contributed by atoms with Gasteiger partial charge in [0.15, 0.2) is 6.73 Å². The van der Waals surface area contributed by atoms with Crippen LogP contribution in [0.15, 0.2) is 42.5 Å². The number of hydrogen-bond donors (Lipinski definition) is 2. The summed E-state index contributed by atoms with van der Waals surface area (Å²) in [6, 6.07) is 13.3. The van der Waals surface area contributed by atoms with Crippen molar-refractivity contribution in [3.8, 4) is 5.75 Å². The van der Waals surface area contributed by atoms with E-state index >= 15 is 0 Å². The lowest BCUT2D eigenvalue weighted by Crippen LogP contribution is -2.32. The summed E-state index contributed by atoms with van der Waals surface area (Å²) in [4.78, 5) is 11.8. The second-order valence-corrected chi connectivity index (χ2v) is 5.06. The van der Waals surface area contributed by atoms with E-state index in [1.807, 2.05) is 63.2 Å². The second-order valence-electron chi connectivity index (χ2n) is 5.06. The standard InChI is InChI=1S/C17H20N2O2/c1-12-5-4-6-15(10-12)19-17(20)18-11-21-16-8-7-13(2)9-14(16)3/h4-10H,11H2,1-3H3,(H2,18,19,20). The lowest BCUT2D eigenvalue weighted by atomic mass is 10.1. The van der Waals surface area contributed by atoms with E-state index in [0.717, 1.165) is 22.6 Å². The van der Waals surface area contributed by atoms with Crippen molar-refractivity contribution in [2.45, 2.75) is 20.8 Å². The molecule has 0 unspecified atom stereocenters. The van der Waals surface area contributed by atoms with Crippen molar-refractivity contribution in [2.24, 2.45) is 0 Å². The molecular weight excluding hydrogens is 264 g/mol. The number of ether oxygens (including phenoxy) is 1. The zero-order valence-electron chi connectivity index (χ0n) is 12.6. The molecule has 21 heavy (non-hydrogen) atoms. The molecule has 0 atom stereocenters. The second kappa shape index (κ2) is 6.79. The molecule has 0 aliphatic carbocycles. The summed E-state index contributed by atoms with van der Waals surface area (Å²) in [5, 5.41) is 5.43. The molecule has 0 bridgehead atoms. The third kappa shape index (κ3) is 4.53. The van der Waals surface area contributed by atoms with Crippen molar-refractivity contribution < 1.29 is 9.53 Å². The predicted molar refractivity (Wildman–Crippen MR) is 84.7 cm³/mol. The molecule has 0 spiro atoms. The smallest absolute Gasteiger partial charge is 0.321 e. The topological polar surface area (TPSA) is 50.4 Å². The summed E-state index contributed by atoms with van der Waals surface area (Å²) in [6.45, 7) is 6.12. The Labute approximate surface area is 125 Å². The van der Waals surface area contributed by atoms with Gasteiger partial charge in [0.05, 0.1) is 0 Å². The Morgan fingerprint density at radius 2 is 1.81 bits per heavy atom. The minimum atomic E-state index is -0.287. The van der Waals surface area contributed by atoms with Crippen LogP contribution >= 0.6 is 0 Å². The van der Waals surface area contributed by atoms with Gasteiger partial charge in [-0.15, -0.1) is 0 Å². The minimum absolute atomic E-state index is 0.127. The molecular formula is C17H20N2O2. The van der Waals surface area contributed by atoms with Gasteiger partial charge in [-0.25, -0.2) is 4.79 Å². The van der Waals surface area contributed by atoms with E-state index in [1.54, 1.807) is 0 Å². The fraction of sp³-hybridized carbons (Fsp3) is 0.235. The van der Waals surface area contributed by atoms with Crippen LogP contribution in [0, 0.1) is 20.8 Å². The van der Waals surface area contributed by atoms with Crippen molar-refractivity contribution in [2.75, 3.05) is 12.0 Å².